The van der Waals surface area contributed by atoms with E-state index >= 15 is 0 Å². The van der Waals surface area contributed by atoms with E-state index in [2.05, 4.69) is 36.3 Å². The van der Waals surface area contributed by atoms with E-state index in [-0.39, 0.29) is 5.84 Å². The first kappa shape index (κ1) is 13.0. The van der Waals surface area contributed by atoms with Gasteiger partial charge in [0.2, 0.25) is 0 Å². The zero-order chi connectivity index (χ0) is 12.7. The molecule has 4 heteroatoms. The van der Waals surface area contributed by atoms with E-state index < -0.39 is 0 Å². The van der Waals surface area contributed by atoms with Crippen LogP contribution in [-0.2, 0) is 13.5 Å². The smallest absolute Gasteiger partial charge is 0.125 e. The maximum absolute atomic E-state index is 6.97. The fourth-order valence-corrected chi connectivity index (χ4v) is 1.27. The van der Waals surface area contributed by atoms with Crippen molar-refractivity contribution in [2.75, 3.05) is 0 Å². The normalized spacial score (nSPS) is 9.29. The molecule has 0 atom stereocenters. The molecule has 0 unspecified atom stereocenters. The van der Waals surface area contributed by atoms with Crippen molar-refractivity contribution >= 4 is 5.84 Å². The van der Waals surface area contributed by atoms with Gasteiger partial charge in [0.15, 0.2) is 0 Å². The summed E-state index contributed by atoms with van der Waals surface area (Å²) in [7, 11) is 1.78. The summed E-state index contributed by atoms with van der Waals surface area (Å²) in [6.07, 6.45) is 4.39. The van der Waals surface area contributed by atoms with Gasteiger partial charge in [-0.1, -0.05) is 37.3 Å². The number of nitrogens with one attached hydrogen (secondary N) is 1. The van der Waals surface area contributed by atoms with Crippen molar-refractivity contribution in [3.8, 4) is 0 Å². The van der Waals surface area contributed by atoms with E-state index in [1.807, 2.05) is 6.07 Å². The molecule has 2 rings (SSSR count). The van der Waals surface area contributed by atoms with Crippen LogP contribution < -0.4 is 5.73 Å². The Morgan fingerprint density at radius 2 is 2.00 bits per heavy atom. The third-order valence-electron chi connectivity index (χ3n) is 2.27. The van der Waals surface area contributed by atoms with Gasteiger partial charge in [-0.25, -0.2) is 0 Å². The molecule has 0 aliphatic rings. The zero-order valence-corrected chi connectivity index (χ0v) is 10.2. The van der Waals surface area contributed by atoms with Gasteiger partial charge in [-0.2, -0.15) is 5.10 Å². The van der Waals surface area contributed by atoms with Crippen molar-refractivity contribution in [2.45, 2.75) is 13.3 Å². The second kappa shape index (κ2) is 6.48. The first-order valence-electron chi connectivity index (χ1n) is 5.50. The highest BCUT2D eigenvalue weighted by molar-refractivity contribution is 5.94. The molecule has 0 aliphatic carbocycles. The van der Waals surface area contributed by atoms with Crippen LogP contribution in [0, 0.1) is 5.41 Å². The first-order valence-corrected chi connectivity index (χ1v) is 5.50. The molecule has 0 amide bonds. The average Bonchev–Trinajstić information content (AvgIpc) is 2.78. The lowest BCUT2D eigenvalue weighted by Crippen LogP contribution is -2.09. The molecule has 2 aromatic rings. The van der Waals surface area contributed by atoms with E-state index in [9.17, 15) is 0 Å². The highest BCUT2D eigenvalue weighted by Gasteiger charge is 1.95. The molecule has 0 saturated carbocycles. The lowest BCUT2D eigenvalue weighted by molar-refractivity contribution is 0.767. The Bertz CT molecular complexity index is 459. The summed E-state index contributed by atoms with van der Waals surface area (Å²) in [5.74, 6) is 0.0584. The maximum Gasteiger partial charge on any atom is 0.125 e. The molecule has 1 aromatic heterocycles. The number of benzene rings is 1. The minimum Gasteiger partial charge on any atom is -0.384 e. The van der Waals surface area contributed by atoms with Crippen LogP contribution in [0.5, 0.6) is 0 Å². The maximum atomic E-state index is 6.97. The predicted molar refractivity (Wildman–Crippen MR) is 70.0 cm³/mol. The minimum atomic E-state index is 0.0584. The molecule has 0 fully saturated rings. The Morgan fingerprint density at radius 3 is 2.29 bits per heavy atom. The van der Waals surface area contributed by atoms with Gasteiger partial charge < -0.3 is 5.73 Å². The van der Waals surface area contributed by atoms with Crippen LogP contribution in [0.1, 0.15) is 18.1 Å². The monoisotopic (exact) mass is 230 g/mol. The Morgan fingerprint density at radius 1 is 1.35 bits per heavy atom. The summed E-state index contributed by atoms with van der Waals surface area (Å²) in [4.78, 5) is 0. The van der Waals surface area contributed by atoms with Gasteiger partial charge in [0.1, 0.15) is 5.84 Å². The Hall–Kier alpha value is -2.10. The Balaban J connectivity index is 0.000000171. The predicted octanol–water partition coefficient (Wildman–Crippen LogP) is 1.95. The molecular weight excluding hydrogens is 212 g/mol. The van der Waals surface area contributed by atoms with Crippen molar-refractivity contribution in [3.05, 3.63) is 53.9 Å². The van der Waals surface area contributed by atoms with E-state index in [1.54, 1.807) is 24.1 Å². The number of hydrogen-bond donors (Lipinski definition) is 2. The van der Waals surface area contributed by atoms with E-state index in [4.69, 9.17) is 11.1 Å². The summed E-state index contributed by atoms with van der Waals surface area (Å²) >= 11 is 0. The summed E-state index contributed by atoms with van der Waals surface area (Å²) in [6.45, 7) is 2.16. The van der Waals surface area contributed by atoms with Crippen molar-refractivity contribution in [2.24, 2.45) is 12.8 Å². The Labute approximate surface area is 102 Å². The highest BCUT2D eigenvalue weighted by Crippen LogP contribution is 1.96. The molecule has 17 heavy (non-hydrogen) atoms. The van der Waals surface area contributed by atoms with Crippen LogP contribution in [-0.4, -0.2) is 15.6 Å². The topological polar surface area (TPSA) is 67.7 Å². The van der Waals surface area contributed by atoms with E-state index in [1.165, 1.54) is 5.56 Å². The summed E-state index contributed by atoms with van der Waals surface area (Å²) < 4.78 is 1.61. The van der Waals surface area contributed by atoms with Crippen LogP contribution in [0.25, 0.3) is 0 Å². The summed E-state index contributed by atoms with van der Waals surface area (Å²) in [6, 6.07) is 10.5. The SMILES string of the molecule is CCc1ccccc1.Cn1cc(C(=N)N)cn1. The summed E-state index contributed by atoms with van der Waals surface area (Å²) in [5.41, 5.74) is 7.23. The number of nitrogens with two attached hydrogens (primary N) is 1. The van der Waals surface area contributed by atoms with Crippen molar-refractivity contribution in [1.82, 2.24) is 9.78 Å². The van der Waals surface area contributed by atoms with E-state index in [0.29, 0.717) is 5.56 Å². The van der Waals surface area contributed by atoms with Gasteiger partial charge >= 0.3 is 0 Å². The number of nitrogen functional groups attached to an aromatic ring is 1. The standard InChI is InChI=1S/C8H10.C5H8N4/c1-2-8-6-4-3-5-7-8;1-9-3-4(2-8-9)5(6)7/h3-7H,2H2,1H3;2-3H,1H3,(H3,6,7). The molecule has 4 nitrogen and oxygen atoms in total. The molecule has 3 N–H and O–H groups in total. The Kier molecular flexibility index (Phi) is 4.94. The lowest BCUT2D eigenvalue weighted by atomic mass is 10.2. The molecule has 0 spiro atoms. The first-order chi connectivity index (χ1) is 8.13. The minimum absolute atomic E-state index is 0.0584. The molecule has 0 radical (unpaired) electrons. The number of hydrogen-bond acceptors (Lipinski definition) is 2. The van der Waals surface area contributed by atoms with Gasteiger partial charge in [-0.3, -0.25) is 10.1 Å². The third-order valence-corrected chi connectivity index (χ3v) is 2.27. The van der Waals surface area contributed by atoms with Crippen LogP contribution in [0.3, 0.4) is 0 Å². The van der Waals surface area contributed by atoms with Gasteiger partial charge in [-0.15, -0.1) is 0 Å². The number of aryl methyl sites for hydroxylation is 2. The molecule has 0 aliphatic heterocycles. The van der Waals surface area contributed by atoms with Crippen LogP contribution in [0.2, 0.25) is 0 Å². The largest absolute Gasteiger partial charge is 0.384 e. The summed E-state index contributed by atoms with van der Waals surface area (Å²) in [5, 5.41) is 10.8. The fraction of sp³-hybridized carbons (Fsp3) is 0.231. The van der Waals surface area contributed by atoms with Gasteiger partial charge in [-0.05, 0) is 12.0 Å². The number of amidine groups is 1. The number of nitrogens with zero attached hydrogens (tertiary/aromatic N) is 2. The zero-order valence-electron chi connectivity index (χ0n) is 10.2. The number of aromatic nitrogens is 2. The van der Waals surface area contributed by atoms with Crippen LogP contribution >= 0.6 is 0 Å². The van der Waals surface area contributed by atoms with Crippen LogP contribution in [0.15, 0.2) is 42.7 Å². The lowest BCUT2D eigenvalue weighted by Gasteiger charge is -1.89. The van der Waals surface area contributed by atoms with Crippen molar-refractivity contribution < 1.29 is 0 Å². The molecule has 1 aromatic carbocycles. The van der Waals surface area contributed by atoms with Gasteiger partial charge in [0, 0.05) is 13.2 Å². The highest BCUT2D eigenvalue weighted by atomic mass is 15.2. The van der Waals surface area contributed by atoms with Crippen molar-refractivity contribution in [1.29, 1.82) is 5.41 Å². The third kappa shape index (κ3) is 4.51. The average molecular weight is 230 g/mol. The second-order valence-corrected chi connectivity index (χ2v) is 3.66. The molecular formula is C13H18N4. The number of rotatable bonds is 2. The second-order valence-electron chi connectivity index (χ2n) is 3.66. The van der Waals surface area contributed by atoms with Crippen LogP contribution in [0.4, 0.5) is 0 Å². The van der Waals surface area contributed by atoms with Crippen molar-refractivity contribution in [3.63, 3.8) is 0 Å². The van der Waals surface area contributed by atoms with Gasteiger partial charge in [0.25, 0.3) is 0 Å². The van der Waals surface area contributed by atoms with E-state index in [0.717, 1.165) is 6.42 Å². The molecule has 0 saturated heterocycles. The molecule has 0 bridgehead atoms. The fourth-order valence-electron chi connectivity index (χ4n) is 1.27. The molecule has 1 heterocycles. The quantitative estimate of drug-likeness (QED) is 0.611. The van der Waals surface area contributed by atoms with Gasteiger partial charge in [0.05, 0.1) is 11.8 Å². The molecule has 90 valence electrons.